The highest BCUT2D eigenvalue weighted by Gasteiger charge is 2.30. The van der Waals surface area contributed by atoms with Crippen molar-refractivity contribution in [2.24, 2.45) is 0 Å². The number of amides is 1. The summed E-state index contributed by atoms with van der Waals surface area (Å²) in [7, 11) is 0. The zero-order chi connectivity index (χ0) is 15.2. The molecule has 0 radical (unpaired) electrons. The third-order valence-electron chi connectivity index (χ3n) is 2.42. The van der Waals surface area contributed by atoms with Gasteiger partial charge in [-0.2, -0.15) is 0 Å². The van der Waals surface area contributed by atoms with Crippen LogP contribution in [0.15, 0.2) is 24.3 Å². The maximum atomic E-state index is 12.0. The van der Waals surface area contributed by atoms with E-state index in [-0.39, 0.29) is 24.1 Å². The van der Waals surface area contributed by atoms with E-state index in [0.717, 1.165) is 18.7 Å². The quantitative estimate of drug-likeness (QED) is 0.847. The van der Waals surface area contributed by atoms with Gasteiger partial charge in [-0.1, -0.05) is 6.92 Å². The van der Waals surface area contributed by atoms with Crippen LogP contribution >= 0.6 is 0 Å². The number of hydrogen-bond donors (Lipinski definition) is 2. The van der Waals surface area contributed by atoms with Crippen molar-refractivity contribution in [1.82, 2.24) is 5.32 Å². The van der Waals surface area contributed by atoms with Crippen LogP contribution in [0.1, 0.15) is 20.3 Å². The van der Waals surface area contributed by atoms with Gasteiger partial charge >= 0.3 is 6.36 Å². The van der Waals surface area contributed by atoms with Crippen molar-refractivity contribution in [2.45, 2.75) is 32.7 Å². The van der Waals surface area contributed by atoms with Gasteiger partial charge in [0.05, 0.1) is 0 Å². The van der Waals surface area contributed by atoms with Crippen LogP contribution in [-0.2, 0) is 4.79 Å². The maximum Gasteiger partial charge on any atom is 0.573 e. The fraction of sp³-hybridized carbons (Fsp3) is 0.462. The largest absolute Gasteiger partial charge is 0.573 e. The van der Waals surface area contributed by atoms with Gasteiger partial charge in [0.2, 0.25) is 5.91 Å². The predicted octanol–water partition coefficient (Wildman–Crippen LogP) is 2.91. The number of alkyl halides is 3. The molecule has 0 bridgehead atoms. The van der Waals surface area contributed by atoms with E-state index in [1.54, 1.807) is 0 Å². The molecule has 0 aliphatic rings. The summed E-state index contributed by atoms with van der Waals surface area (Å²) in [4.78, 5) is 11.6. The smallest absolute Gasteiger partial charge is 0.406 e. The summed E-state index contributed by atoms with van der Waals surface area (Å²) in [5.74, 6) is -0.528. The van der Waals surface area contributed by atoms with Crippen LogP contribution in [0, 0.1) is 0 Å². The van der Waals surface area contributed by atoms with Crippen LogP contribution in [0.3, 0.4) is 0 Å². The Balaban J connectivity index is 2.51. The van der Waals surface area contributed by atoms with Gasteiger partial charge in [-0.05, 0) is 37.7 Å². The minimum Gasteiger partial charge on any atom is -0.406 e. The van der Waals surface area contributed by atoms with Crippen LogP contribution in [0.5, 0.6) is 5.75 Å². The molecule has 112 valence electrons. The van der Waals surface area contributed by atoms with Crippen LogP contribution < -0.4 is 15.4 Å². The van der Waals surface area contributed by atoms with Crippen molar-refractivity contribution in [1.29, 1.82) is 0 Å². The Kier molecular flexibility index (Phi) is 5.82. The average molecular weight is 290 g/mol. The standard InChI is InChI=1S/C13H17F3N2O2/c1-3-17-9(2)8-12(19)18-10-4-6-11(7-5-10)20-13(14,15)16/h4-7,9,17H,3,8H2,1-2H3,(H,18,19). The fourth-order valence-corrected chi connectivity index (χ4v) is 1.65. The van der Waals surface area contributed by atoms with E-state index in [1.807, 2.05) is 13.8 Å². The minimum atomic E-state index is -4.72. The number of carbonyl (C=O) groups excluding carboxylic acids is 1. The average Bonchev–Trinajstić information content (AvgIpc) is 2.30. The topological polar surface area (TPSA) is 50.4 Å². The molecule has 1 rings (SSSR count). The number of benzene rings is 1. The molecule has 1 amide bonds. The van der Waals surface area contributed by atoms with Crippen molar-refractivity contribution in [3.05, 3.63) is 24.3 Å². The molecule has 0 aromatic heterocycles. The van der Waals surface area contributed by atoms with E-state index < -0.39 is 6.36 Å². The zero-order valence-electron chi connectivity index (χ0n) is 11.3. The number of rotatable bonds is 6. The molecule has 4 nitrogen and oxygen atoms in total. The van der Waals surface area contributed by atoms with Gasteiger partial charge in [0.15, 0.2) is 0 Å². The number of carbonyl (C=O) groups is 1. The molecule has 0 fully saturated rings. The molecule has 1 atom stereocenters. The summed E-state index contributed by atoms with van der Waals surface area (Å²) < 4.78 is 39.6. The minimum absolute atomic E-state index is 0.0350. The van der Waals surface area contributed by atoms with E-state index >= 15 is 0 Å². The number of halogens is 3. The lowest BCUT2D eigenvalue weighted by atomic mass is 10.2. The molecular weight excluding hydrogens is 273 g/mol. The lowest BCUT2D eigenvalue weighted by Gasteiger charge is -2.13. The lowest BCUT2D eigenvalue weighted by molar-refractivity contribution is -0.274. The third-order valence-corrected chi connectivity index (χ3v) is 2.42. The van der Waals surface area contributed by atoms with E-state index in [0.29, 0.717) is 5.69 Å². The van der Waals surface area contributed by atoms with Crippen molar-refractivity contribution < 1.29 is 22.7 Å². The summed E-state index contributed by atoms with van der Waals surface area (Å²) >= 11 is 0. The number of hydrogen-bond acceptors (Lipinski definition) is 3. The van der Waals surface area contributed by atoms with Gasteiger partial charge in [0.25, 0.3) is 0 Å². The highest BCUT2D eigenvalue weighted by Crippen LogP contribution is 2.23. The highest BCUT2D eigenvalue weighted by atomic mass is 19.4. The molecule has 0 aliphatic carbocycles. The Morgan fingerprint density at radius 1 is 1.30 bits per heavy atom. The van der Waals surface area contributed by atoms with Crippen molar-refractivity contribution in [3.8, 4) is 5.75 Å². The Bertz CT molecular complexity index is 432. The Morgan fingerprint density at radius 2 is 1.90 bits per heavy atom. The van der Waals surface area contributed by atoms with Crippen molar-refractivity contribution in [2.75, 3.05) is 11.9 Å². The van der Waals surface area contributed by atoms with Gasteiger partial charge in [0, 0.05) is 18.2 Å². The monoisotopic (exact) mass is 290 g/mol. The van der Waals surface area contributed by atoms with Gasteiger partial charge in [-0.25, -0.2) is 0 Å². The first-order valence-electron chi connectivity index (χ1n) is 6.19. The summed E-state index contributed by atoms with van der Waals surface area (Å²) in [6.45, 7) is 4.58. The summed E-state index contributed by atoms with van der Waals surface area (Å²) in [5, 5.41) is 5.70. The highest BCUT2D eigenvalue weighted by molar-refractivity contribution is 5.91. The molecule has 2 N–H and O–H groups in total. The van der Waals surface area contributed by atoms with E-state index in [4.69, 9.17) is 0 Å². The molecule has 0 spiro atoms. The molecule has 1 aromatic carbocycles. The first kappa shape index (κ1) is 16.3. The maximum absolute atomic E-state index is 12.0. The number of nitrogens with one attached hydrogen (secondary N) is 2. The van der Waals surface area contributed by atoms with Crippen LogP contribution in [-0.4, -0.2) is 24.9 Å². The number of ether oxygens (including phenoxy) is 1. The second-order valence-electron chi connectivity index (χ2n) is 4.28. The molecule has 0 saturated heterocycles. The Hall–Kier alpha value is -1.76. The summed E-state index contributed by atoms with van der Waals surface area (Å²) in [6, 6.07) is 5.05. The van der Waals surface area contributed by atoms with E-state index in [9.17, 15) is 18.0 Å². The van der Waals surface area contributed by atoms with E-state index in [2.05, 4.69) is 15.4 Å². The Labute approximate surface area is 115 Å². The van der Waals surface area contributed by atoms with Gasteiger partial charge in [-0.15, -0.1) is 13.2 Å². The second kappa shape index (κ2) is 7.14. The fourth-order valence-electron chi connectivity index (χ4n) is 1.65. The normalized spacial score (nSPS) is 12.8. The first-order chi connectivity index (χ1) is 9.30. The Morgan fingerprint density at radius 3 is 2.40 bits per heavy atom. The second-order valence-corrected chi connectivity index (χ2v) is 4.28. The van der Waals surface area contributed by atoms with Crippen LogP contribution in [0.25, 0.3) is 0 Å². The van der Waals surface area contributed by atoms with Gasteiger partial charge in [0.1, 0.15) is 5.75 Å². The SMILES string of the molecule is CCNC(C)CC(=O)Nc1ccc(OC(F)(F)F)cc1. The number of anilines is 1. The molecule has 20 heavy (non-hydrogen) atoms. The molecule has 7 heteroatoms. The van der Waals surface area contributed by atoms with E-state index in [1.165, 1.54) is 12.1 Å². The van der Waals surface area contributed by atoms with Crippen LogP contribution in [0.4, 0.5) is 18.9 Å². The molecular formula is C13H17F3N2O2. The summed E-state index contributed by atoms with van der Waals surface area (Å²) in [6.07, 6.45) is -4.43. The third kappa shape index (κ3) is 6.42. The lowest BCUT2D eigenvalue weighted by Crippen LogP contribution is -2.30. The zero-order valence-corrected chi connectivity index (χ0v) is 11.3. The molecule has 0 aliphatic heterocycles. The molecule has 1 aromatic rings. The molecule has 0 heterocycles. The predicted molar refractivity (Wildman–Crippen MR) is 69.5 cm³/mol. The van der Waals surface area contributed by atoms with Gasteiger partial charge in [-0.3, -0.25) is 4.79 Å². The summed E-state index contributed by atoms with van der Waals surface area (Å²) in [5.41, 5.74) is 0.424. The van der Waals surface area contributed by atoms with Crippen molar-refractivity contribution in [3.63, 3.8) is 0 Å². The first-order valence-corrected chi connectivity index (χ1v) is 6.19. The molecule has 1 unspecified atom stereocenters. The molecule has 0 saturated carbocycles. The van der Waals surface area contributed by atoms with Crippen LogP contribution in [0.2, 0.25) is 0 Å². The van der Waals surface area contributed by atoms with Gasteiger partial charge < -0.3 is 15.4 Å². The van der Waals surface area contributed by atoms with Crippen molar-refractivity contribution >= 4 is 11.6 Å².